The van der Waals surface area contributed by atoms with Gasteiger partial charge in [0.05, 0.1) is 35.0 Å². The Balaban J connectivity index is 2.05. The van der Waals surface area contributed by atoms with Crippen LogP contribution in [0.3, 0.4) is 0 Å². The molecule has 0 saturated carbocycles. The monoisotopic (exact) mass is 451 g/mol. The van der Waals surface area contributed by atoms with E-state index in [1.54, 1.807) is 34.5 Å². The number of hydrogen-bond acceptors (Lipinski definition) is 6. The Morgan fingerprint density at radius 2 is 1.35 bits per heavy atom. The number of nitrogens with one attached hydrogen (secondary N) is 1. The first-order chi connectivity index (χ1) is 15.1. The number of hydrogen-bond donors (Lipinski definition) is 1. The maximum Gasteiger partial charge on any atom is 0.203 e. The van der Waals surface area contributed by atoms with Crippen molar-refractivity contribution in [3.05, 3.63) is 40.4 Å². The molecule has 0 aromatic heterocycles. The molecule has 1 N–H and O–H groups in total. The third-order valence-corrected chi connectivity index (χ3v) is 5.31. The molecule has 0 aliphatic heterocycles. The van der Waals surface area contributed by atoms with Crippen LogP contribution in [0.1, 0.15) is 43.7 Å². The molecule has 2 aromatic carbocycles. The Hall–Kier alpha value is -2.31. The summed E-state index contributed by atoms with van der Waals surface area (Å²) >= 11 is 6.38. The van der Waals surface area contributed by atoms with E-state index in [0.29, 0.717) is 53.5 Å². The van der Waals surface area contributed by atoms with E-state index in [2.05, 4.69) is 12.2 Å². The summed E-state index contributed by atoms with van der Waals surface area (Å²) in [5, 5.41) is 4.02. The highest BCUT2D eigenvalue weighted by Crippen LogP contribution is 2.39. The third-order valence-electron chi connectivity index (χ3n) is 4.96. The smallest absolute Gasteiger partial charge is 0.203 e. The molecule has 0 radical (unpaired) electrons. The molecule has 0 heterocycles. The first-order valence-electron chi connectivity index (χ1n) is 10.6. The van der Waals surface area contributed by atoms with Crippen molar-refractivity contribution >= 4 is 11.6 Å². The van der Waals surface area contributed by atoms with Gasteiger partial charge >= 0.3 is 0 Å². The lowest BCUT2D eigenvalue weighted by atomic mass is 10.1. The second-order valence-corrected chi connectivity index (χ2v) is 7.55. The zero-order valence-corrected chi connectivity index (χ0v) is 19.9. The largest absolute Gasteiger partial charge is 0.493 e. The lowest BCUT2D eigenvalue weighted by Crippen LogP contribution is -2.14. The number of ether oxygens (including phenoxy) is 5. The van der Waals surface area contributed by atoms with Gasteiger partial charge < -0.3 is 29.0 Å². The van der Waals surface area contributed by atoms with Gasteiger partial charge in [-0.25, -0.2) is 0 Å². The molecule has 0 atom stereocenters. The number of benzene rings is 2. The van der Waals surface area contributed by atoms with Crippen molar-refractivity contribution in [2.24, 2.45) is 0 Å². The first-order valence-corrected chi connectivity index (χ1v) is 10.9. The highest BCUT2D eigenvalue weighted by molar-refractivity contribution is 6.31. The minimum Gasteiger partial charge on any atom is -0.493 e. The molecule has 0 aliphatic rings. The molecule has 0 bridgehead atoms. The Morgan fingerprint density at radius 1 is 0.742 bits per heavy atom. The van der Waals surface area contributed by atoms with Crippen LogP contribution in [-0.4, -0.2) is 35.0 Å². The van der Waals surface area contributed by atoms with Crippen LogP contribution in [0.5, 0.6) is 28.7 Å². The summed E-state index contributed by atoms with van der Waals surface area (Å²) in [6, 6.07) is 7.57. The van der Waals surface area contributed by atoms with Crippen LogP contribution in [0.2, 0.25) is 5.02 Å². The topological polar surface area (TPSA) is 58.2 Å². The molecule has 0 spiro atoms. The van der Waals surface area contributed by atoms with E-state index in [4.69, 9.17) is 35.3 Å². The molecule has 0 unspecified atom stereocenters. The van der Waals surface area contributed by atoms with Gasteiger partial charge in [0, 0.05) is 24.2 Å². The summed E-state index contributed by atoms with van der Waals surface area (Å²) in [4.78, 5) is 0. The predicted molar refractivity (Wildman–Crippen MR) is 124 cm³/mol. The molecule has 31 heavy (non-hydrogen) atoms. The van der Waals surface area contributed by atoms with Gasteiger partial charge in [0.1, 0.15) is 0 Å². The number of unbranched alkanes of at least 4 members (excludes halogenated alkanes) is 3. The zero-order chi connectivity index (χ0) is 22.6. The van der Waals surface area contributed by atoms with Crippen molar-refractivity contribution < 1.29 is 23.7 Å². The molecule has 6 nitrogen and oxygen atoms in total. The van der Waals surface area contributed by atoms with Crippen molar-refractivity contribution in [1.82, 2.24) is 5.32 Å². The number of methoxy groups -OCH3 is 4. The highest BCUT2D eigenvalue weighted by atomic mass is 35.5. The average Bonchev–Trinajstić information content (AvgIpc) is 2.79. The van der Waals surface area contributed by atoms with Crippen LogP contribution in [-0.2, 0) is 13.1 Å². The van der Waals surface area contributed by atoms with Crippen LogP contribution in [0.25, 0.3) is 0 Å². The van der Waals surface area contributed by atoms with Crippen LogP contribution in [0.15, 0.2) is 24.3 Å². The van der Waals surface area contributed by atoms with E-state index in [9.17, 15) is 0 Å². The van der Waals surface area contributed by atoms with Crippen LogP contribution < -0.4 is 29.0 Å². The van der Waals surface area contributed by atoms with E-state index in [1.165, 1.54) is 12.8 Å². The third kappa shape index (κ3) is 7.11. The molecule has 0 aliphatic carbocycles. The minimum atomic E-state index is 0.569. The summed E-state index contributed by atoms with van der Waals surface area (Å²) in [5.74, 6) is 3.23. The van der Waals surface area contributed by atoms with Crippen LogP contribution in [0, 0.1) is 0 Å². The summed E-state index contributed by atoms with van der Waals surface area (Å²) in [6.45, 7) is 4.01. The lowest BCUT2D eigenvalue weighted by Gasteiger charge is -2.17. The maximum atomic E-state index is 6.38. The van der Waals surface area contributed by atoms with Gasteiger partial charge in [-0.05, 0) is 35.7 Å². The fourth-order valence-corrected chi connectivity index (χ4v) is 3.48. The van der Waals surface area contributed by atoms with Crippen molar-refractivity contribution in [2.45, 2.75) is 45.7 Å². The molecule has 0 saturated heterocycles. The van der Waals surface area contributed by atoms with Crippen LogP contribution >= 0.6 is 11.6 Å². The molecular weight excluding hydrogens is 418 g/mol. The first kappa shape index (κ1) is 25.0. The van der Waals surface area contributed by atoms with Gasteiger partial charge in [0.2, 0.25) is 5.75 Å². The fraction of sp³-hybridized carbons (Fsp3) is 0.500. The van der Waals surface area contributed by atoms with Gasteiger partial charge in [-0.1, -0.05) is 37.8 Å². The quantitative estimate of drug-likeness (QED) is 0.376. The van der Waals surface area contributed by atoms with Gasteiger partial charge in [-0.15, -0.1) is 0 Å². The molecule has 2 rings (SSSR count). The predicted octanol–water partition coefficient (Wildman–Crippen LogP) is 5.62. The number of halogens is 1. The van der Waals surface area contributed by atoms with Gasteiger partial charge in [-0.3, -0.25) is 0 Å². The van der Waals surface area contributed by atoms with E-state index in [-0.39, 0.29) is 0 Å². The van der Waals surface area contributed by atoms with Crippen molar-refractivity contribution in [2.75, 3.05) is 35.0 Å². The van der Waals surface area contributed by atoms with E-state index in [1.807, 2.05) is 18.2 Å². The van der Waals surface area contributed by atoms with Crippen LogP contribution in [0.4, 0.5) is 0 Å². The molecule has 2 aromatic rings. The van der Waals surface area contributed by atoms with Crippen molar-refractivity contribution in [3.63, 3.8) is 0 Å². The minimum absolute atomic E-state index is 0.569. The Labute approximate surface area is 190 Å². The highest BCUT2D eigenvalue weighted by Gasteiger charge is 2.15. The maximum absolute atomic E-state index is 6.38. The zero-order valence-electron chi connectivity index (χ0n) is 19.2. The SMILES string of the molecule is CCCCCCOc1c(OC)cc(CNCc2cc(OC)c(OC)cc2Cl)cc1OC. The normalized spacial score (nSPS) is 10.6. The van der Waals surface area contributed by atoms with Crippen molar-refractivity contribution in [1.29, 1.82) is 0 Å². The van der Waals surface area contributed by atoms with Gasteiger partial charge in [0.25, 0.3) is 0 Å². The van der Waals surface area contributed by atoms with E-state index < -0.39 is 0 Å². The Bertz CT molecular complexity index is 803. The standard InChI is InChI=1S/C24H34ClNO5/c1-6-7-8-9-10-31-24-22(29-4)11-17(12-23(24)30-5)15-26-16-18-13-20(27-2)21(28-3)14-19(18)25/h11-14,26H,6-10,15-16H2,1-5H3. The summed E-state index contributed by atoms with van der Waals surface area (Å²) < 4.78 is 27.8. The molecule has 7 heteroatoms. The molecule has 172 valence electrons. The van der Waals surface area contributed by atoms with Crippen molar-refractivity contribution in [3.8, 4) is 28.7 Å². The molecule has 0 fully saturated rings. The Morgan fingerprint density at radius 3 is 1.94 bits per heavy atom. The van der Waals surface area contributed by atoms with E-state index in [0.717, 1.165) is 24.0 Å². The summed E-state index contributed by atoms with van der Waals surface area (Å²) in [7, 11) is 6.47. The second-order valence-electron chi connectivity index (χ2n) is 7.14. The fourth-order valence-electron chi connectivity index (χ4n) is 3.25. The average molecular weight is 452 g/mol. The lowest BCUT2D eigenvalue weighted by molar-refractivity contribution is 0.267. The number of rotatable bonds is 14. The van der Waals surface area contributed by atoms with E-state index >= 15 is 0 Å². The molecule has 0 amide bonds. The molecular formula is C24H34ClNO5. The van der Waals surface area contributed by atoms with Gasteiger partial charge in [-0.2, -0.15) is 0 Å². The summed E-state index contributed by atoms with van der Waals surface area (Å²) in [5.41, 5.74) is 1.94. The second kappa shape index (κ2) is 13.2. The van der Waals surface area contributed by atoms with Gasteiger partial charge in [0.15, 0.2) is 23.0 Å². The Kier molecular flexibility index (Phi) is 10.6. The summed E-state index contributed by atoms with van der Waals surface area (Å²) in [6.07, 6.45) is 4.58.